The third-order valence-electron chi connectivity index (χ3n) is 4.15. The van der Waals surface area contributed by atoms with Crippen LogP contribution in [0.1, 0.15) is 43.5 Å². The summed E-state index contributed by atoms with van der Waals surface area (Å²) in [5, 5.41) is 8.84. The maximum absolute atomic E-state index is 12.6. The average Bonchev–Trinajstić information content (AvgIpc) is 2.53. The first-order chi connectivity index (χ1) is 11.7. The standard InChI is InChI=1S/C17H24N2O5S/c1-12(2)18-25(23,24)15-5-3-4-14(11-15)17(22)19-8-6-13(7-9-19)10-16(20)21/h3-5,11-13,18H,6-10H2,1-2H3,(H,20,21). The Balaban J connectivity index is 2.08. The Morgan fingerprint density at radius 3 is 2.48 bits per heavy atom. The monoisotopic (exact) mass is 368 g/mol. The number of carbonyl (C=O) groups excluding carboxylic acids is 1. The molecule has 1 saturated heterocycles. The smallest absolute Gasteiger partial charge is 0.303 e. The normalized spacial score (nSPS) is 16.2. The summed E-state index contributed by atoms with van der Waals surface area (Å²) in [7, 11) is -3.65. The molecule has 0 atom stereocenters. The van der Waals surface area contributed by atoms with E-state index in [2.05, 4.69) is 4.72 Å². The van der Waals surface area contributed by atoms with Gasteiger partial charge in [-0.2, -0.15) is 0 Å². The van der Waals surface area contributed by atoms with Crippen LogP contribution in [0, 0.1) is 5.92 Å². The number of amides is 1. The van der Waals surface area contributed by atoms with Gasteiger partial charge in [-0.3, -0.25) is 9.59 Å². The molecule has 2 rings (SSSR count). The highest BCUT2D eigenvalue weighted by Crippen LogP contribution is 2.22. The van der Waals surface area contributed by atoms with Crippen molar-refractivity contribution < 1.29 is 23.1 Å². The quantitative estimate of drug-likeness (QED) is 0.795. The lowest BCUT2D eigenvalue weighted by Gasteiger charge is -2.31. The number of piperidine rings is 1. The average molecular weight is 368 g/mol. The topological polar surface area (TPSA) is 104 Å². The Morgan fingerprint density at radius 1 is 1.28 bits per heavy atom. The van der Waals surface area contributed by atoms with Crippen LogP contribution in [0.15, 0.2) is 29.2 Å². The van der Waals surface area contributed by atoms with Crippen LogP contribution in [0.2, 0.25) is 0 Å². The molecule has 1 aromatic carbocycles. The number of nitrogens with one attached hydrogen (secondary N) is 1. The van der Waals surface area contributed by atoms with Gasteiger partial charge in [0.15, 0.2) is 0 Å². The summed E-state index contributed by atoms with van der Waals surface area (Å²) in [5.41, 5.74) is 0.323. The molecule has 7 nitrogen and oxygen atoms in total. The number of carboxylic acids is 1. The van der Waals surface area contributed by atoms with Crippen molar-refractivity contribution in [2.24, 2.45) is 5.92 Å². The molecule has 138 valence electrons. The fourth-order valence-corrected chi connectivity index (χ4v) is 4.24. The number of nitrogens with zero attached hydrogens (tertiary/aromatic N) is 1. The predicted octanol–water partition coefficient (Wildman–Crippen LogP) is 1.70. The third kappa shape index (κ3) is 5.27. The zero-order chi connectivity index (χ0) is 18.6. The highest BCUT2D eigenvalue weighted by atomic mass is 32.2. The van der Waals surface area contributed by atoms with Gasteiger partial charge in [-0.05, 0) is 50.8 Å². The molecule has 2 N–H and O–H groups in total. The summed E-state index contributed by atoms with van der Waals surface area (Å²) in [6, 6.07) is 5.76. The number of rotatable bonds is 6. The van der Waals surface area contributed by atoms with Crippen molar-refractivity contribution in [1.82, 2.24) is 9.62 Å². The van der Waals surface area contributed by atoms with Crippen LogP contribution in [0.5, 0.6) is 0 Å². The molecule has 0 radical (unpaired) electrons. The third-order valence-corrected chi connectivity index (χ3v) is 5.80. The van der Waals surface area contributed by atoms with Gasteiger partial charge in [-0.15, -0.1) is 0 Å². The van der Waals surface area contributed by atoms with Gasteiger partial charge in [0.1, 0.15) is 0 Å². The largest absolute Gasteiger partial charge is 0.481 e. The number of likely N-dealkylation sites (tertiary alicyclic amines) is 1. The van der Waals surface area contributed by atoms with E-state index in [1.165, 1.54) is 12.1 Å². The summed E-state index contributed by atoms with van der Waals surface area (Å²) < 4.78 is 27.0. The van der Waals surface area contributed by atoms with E-state index >= 15 is 0 Å². The van der Waals surface area contributed by atoms with Gasteiger partial charge in [-0.1, -0.05) is 6.07 Å². The lowest BCUT2D eigenvalue weighted by Crippen LogP contribution is -2.39. The molecule has 1 aliphatic rings. The first-order valence-corrected chi connectivity index (χ1v) is 9.81. The maximum atomic E-state index is 12.6. The minimum atomic E-state index is -3.65. The number of hydrogen-bond donors (Lipinski definition) is 2. The maximum Gasteiger partial charge on any atom is 0.303 e. The van der Waals surface area contributed by atoms with Gasteiger partial charge >= 0.3 is 5.97 Å². The lowest BCUT2D eigenvalue weighted by molar-refractivity contribution is -0.138. The lowest BCUT2D eigenvalue weighted by atomic mass is 9.93. The molecule has 25 heavy (non-hydrogen) atoms. The molecule has 0 aromatic heterocycles. The first kappa shape index (κ1) is 19.4. The number of carboxylic acid groups (broad SMARTS) is 1. The number of sulfonamides is 1. The molecular weight excluding hydrogens is 344 g/mol. The zero-order valence-corrected chi connectivity index (χ0v) is 15.3. The van der Waals surface area contributed by atoms with Crippen LogP contribution >= 0.6 is 0 Å². The first-order valence-electron chi connectivity index (χ1n) is 8.32. The number of aliphatic carboxylic acids is 1. The molecule has 1 heterocycles. The van der Waals surface area contributed by atoms with Crippen molar-refractivity contribution in [2.75, 3.05) is 13.1 Å². The minimum absolute atomic E-state index is 0.0628. The number of carbonyl (C=O) groups is 2. The van der Waals surface area contributed by atoms with Crippen LogP contribution in [-0.2, 0) is 14.8 Å². The summed E-state index contributed by atoms with van der Waals surface area (Å²) in [4.78, 5) is 25.1. The van der Waals surface area contributed by atoms with Crippen LogP contribution in [0.25, 0.3) is 0 Å². The summed E-state index contributed by atoms with van der Waals surface area (Å²) in [5.74, 6) is -0.959. The van der Waals surface area contributed by atoms with Crippen molar-refractivity contribution in [3.8, 4) is 0 Å². The van der Waals surface area contributed by atoms with E-state index in [9.17, 15) is 18.0 Å². The Bertz CT molecular complexity index is 737. The van der Waals surface area contributed by atoms with Gasteiger partial charge in [0, 0.05) is 31.1 Å². The van der Waals surface area contributed by atoms with Crippen LogP contribution in [0.3, 0.4) is 0 Å². The van der Waals surface area contributed by atoms with Crippen molar-refractivity contribution in [1.29, 1.82) is 0 Å². The van der Waals surface area contributed by atoms with Crippen LogP contribution in [0.4, 0.5) is 0 Å². The van der Waals surface area contributed by atoms with E-state index in [1.807, 2.05) is 0 Å². The molecule has 0 bridgehead atoms. The molecule has 1 aromatic rings. The van der Waals surface area contributed by atoms with E-state index in [4.69, 9.17) is 5.11 Å². The van der Waals surface area contributed by atoms with Gasteiger partial charge in [0.25, 0.3) is 5.91 Å². The Labute approximate surface area is 148 Å². The minimum Gasteiger partial charge on any atom is -0.481 e. The second-order valence-electron chi connectivity index (χ2n) is 6.64. The molecular formula is C17H24N2O5S. The van der Waals surface area contributed by atoms with Crippen molar-refractivity contribution >= 4 is 21.9 Å². The van der Waals surface area contributed by atoms with Gasteiger partial charge in [0.05, 0.1) is 4.90 Å². The molecule has 1 aliphatic heterocycles. The van der Waals surface area contributed by atoms with E-state index in [0.717, 1.165) is 0 Å². The predicted molar refractivity (Wildman–Crippen MR) is 92.8 cm³/mol. The molecule has 0 unspecified atom stereocenters. The second-order valence-corrected chi connectivity index (χ2v) is 8.35. The molecule has 1 amide bonds. The van der Waals surface area contributed by atoms with Crippen molar-refractivity contribution in [3.05, 3.63) is 29.8 Å². The molecule has 8 heteroatoms. The van der Waals surface area contributed by atoms with E-state index in [1.54, 1.807) is 30.9 Å². The summed E-state index contributed by atoms with van der Waals surface area (Å²) in [6.07, 6.45) is 1.41. The Hall–Kier alpha value is -1.93. The van der Waals surface area contributed by atoms with E-state index in [-0.39, 0.29) is 29.2 Å². The van der Waals surface area contributed by atoms with Gasteiger partial charge in [-0.25, -0.2) is 13.1 Å². The molecule has 0 aliphatic carbocycles. The van der Waals surface area contributed by atoms with Crippen molar-refractivity contribution in [3.63, 3.8) is 0 Å². The second kappa shape index (κ2) is 7.97. The highest BCUT2D eigenvalue weighted by Gasteiger charge is 2.26. The number of hydrogen-bond acceptors (Lipinski definition) is 4. The molecule has 0 spiro atoms. The highest BCUT2D eigenvalue weighted by molar-refractivity contribution is 7.89. The van der Waals surface area contributed by atoms with Crippen LogP contribution in [-0.4, -0.2) is 49.4 Å². The molecule has 1 fully saturated rings. The fourth-order valence-electron chi connectivity index (χ4n) is 2.94. The van der Waals surface area contributed by atoms with Crippen LogP contribution < -0.4 is 4.72 Å². The number of benzene rings is 1. The Morgan fingerprint density at radius 2 is 1.92 bits per heavy atom. The van der Waals surface area contributed by atoms with Crippen molar-refractivity contribution in [2.45, 2.75) is 44.0 Å². The van der Waals surface area contributed by atoms with E-state index in [0.29, 0.717) is 31.5 Å². The van der Waals surface area contributed by atoms with E-state index < -0.39 is 16.0 Å². The zero-order valence-electron chi connectivity index (χ0n) is 14.4. The summed E-state index contributed by atoms with van der Waals surface area (Å²) in [6.45, 7) is 4.43. The van der Waals surface area contributed by atoms with Gasteiger partial charge in [0.2, 0.25) is 10.0 Å². The molecule has 0 saturated carbocycles. The fraction of sp³-hybridized carbons (Fsp3) is 0.529. The Kier molecular flexibility index (Phi) is 6.18. The SMILES string of the molecule is CC(C)NS(=O)(=O)c1cccc(C(=O)N2CCC(CC(=O)O)CC2)c1. The summed E-state index contributed by atoms with van der Waals surface area (Å²) >= 11 is 0. The van der Waals surface area contributed by atoms with Gasteiger partial charge < -0.3 is 10.0 Å².